The number of aliphatic hydroxyl groups is 1. The molecule has 2 unspecified atom stereocenters. The molecule has 0 fully saturated rings. The van der Waals surface area contributed by atoms with E-state index >= 15 is 0 Å². The van der Waals surface area contributed by atoms with Crippen molar-refractivity contribution in [2.45, 2.75) is 40.2 Å². The number of benzene rings is 1. The smallest absolute Gasteiger partial charge is 0.0477 e. The third-order valence-corrected chi connectivity index (χ3v) is 3.76. The average Bonchev–Trinajstić information content (AvgIpc) is 2.31. The molecule has 0 radical (unpaired) electrons. The molecule has 0 spiro atoms. The lowest BCUT2D eigenvalue weighted by Crippen LogP contribution is -2.28. The van der Waals surface area contributed by atoms with Gasteiger partial charge in [-0.15, -0.1) is 0 Å². The zero-order chi connectivity index (χ0) is 13.0. The predicted octanol–water partition coefficient (Wildman–Crippen LogP) is 2.89. The highest BCUT2D eigenvalue weighted by Crippen LogP contribution is 2.28. The minimum Gasteiger partial charge on any atom is -0.396 e. The van der Waals surface area contributed by atoms with Gasteiger partial charge in [0.15, 0.2) is 0 Å². The Morgan fingerprint density at radius 2 is 1.71 bits per heavy atom. The monoisotopic (exact) mass is 235 g/mol. The summed E-state index contributed by atoms with van der Waals surface area (Å²) in [6.45, 7) is 8.79. The first-order chi connectivity index (χ1) is 8.04. The van der Waals surface area contributed by atoms with E-state index in [1.54, 1.807) is 0 Å². The van der Waals surface area contributed by atoms with Crippen molar-refractivity contribution in [2.24, 2.45) is 5.92 Å². The molecular weight excluding hydrogens is 210 g/mol. The van der Waals surface area contributed by atoms with E-state index in [1.807, 2.05) is 7.05 Å². The predicted molar refractivity (Wildman–Crippen MR) is 73.3 cm³/mol. The van der Waals surface area contributed by atoms with Gasteiger partial charge in [0.25, 0.3) is 0 Å². The lowest BCUT2D eigenvalue weighted by Gasteiger charge is -2.27. The first kappa shape index (κ1) is 14.2. The molecule has 0 saturated heterocycles. The third-order valence-electron chi connectivity index (χ3n) is 3.76. The highest BCUT2D eigenvalue weighted by Gasteiger charge is 2.21. The first-order valence-electron chi connectivity index (χ1n) is 6.41. The van der Waals surface area contributed by atoms with Crippen LogP contribution in [0.2, 0.25) is 0 Å². The van der Waals surface area contributed by atoms with Crippen molar-refractivity contribution in [3.05, 3.63) is 34.4 Å². The Morgan fingerprint density at radius 1 is 1.12 bits per heavy atom. The molecule has 1 aromatic carbocycles. The number of hydrogen-bond acceptors (Lipinski definition) is 2. The maximum Gasteiger partial charge on any atom is 0.0477 e. The summed E-state index contributed by atoms with van der Waals surface area (Å²) < 4.78 is 0. The fourth-order valence-corrected chi connectivity index (χ4v) is 2.43. The molecule has 17 heavy (non-hydrogen) atoms. The van der Waals surface area contributed by atoms with Crippen LogP contribution in [-0.2, 0) is 0 Å². The van der Waals surface area contributed by atoms with Gasteiger partial charge in [-0.05, 0) is 56.5 Å². The van der Waals surface area contributed by atoms with Crippen LogP contribution in [0.1, 0.15) is 41.6 Å². The number of hydrogen-bond donors (Lipinski definition) is 2. The van der Waals surface area contributed by atoms with Crippen LogP contribution in [0, 0.1) is 26.7 Å². The van der Waals surface area contributed by atoms with Crippen LogP contribution in [0.15, 0.2) is 12.1 Å². The molecule has 2 N–H and O–H groups in total. The summed E-state index contributed by atoms with van der Waals surface area (Å²) >= 11 is 0. The fourth-order valence-electron chi connectivity index (χ4n) is 2.43. The van der Waals surface area contributed by atoms with Gasteiger partial charge in [0, 0.05) is 18.6 Å². The largest absolute Gasteiger partial charge is 0.396 e. The zero-order valence-corrected chi connectivity index (χ0v) is 11.7. The van der Waals surface area contributed by atoms with Crippen molar-refractivity contribution in [3.8, 4) is 0 Å². The topological polar surface area (TPSA) is 32.3 Å². The van der Waals surface area contributed by atoms with Crippen LogP contribution >= 0.6 is 0 Å². The quantitative estimate of drug-likeness (QED) is 0.822. The summed E-state index contributed by atoms with van der Waals surface area (Å²) in [5.41, 5.74) is 5.27. The molecule has 0 bridgehead atoms. The van der Waals surface area contributed by atoms with Crippen molar-refractivity contribution in [3.63, 3.8) is 0 Å². The van der Waals surface area contributed by atoms with Gasteiger partial charge in [-0.1, -0.05) is 19.1 Å². The Morgan fingerprint density at radius 3 is 2.18 bits per heavy atom. The van der Waals surface area contributed by atoms with Crippen molar-refractivity contribution in [1.29, 1.82) is 0 Å². The van der Waals surface area contributed by atoms with Crippen molar-refractivity contribution in [1.82, 2.24) is 5.32 Å². The van der Waals surface area contributed by atoms with E-state index in [2.05, 4.69) is 45.1 Å². The normalized spacial score (nSPS) is 14.7. The minimum atomic E-state index is 0.231. The van der Waals surface area contributed by atoms with Gasteiger partial charge >= 0.3 is 0 Å². The second-order valence-corrected chi connectivity index (χ2v) is 4.91. The lowest BCUT2D eigenvalue weighted by molar-refractivity contribution is 0.189. The Hall–Kier alpha value is -0.860. The molecule has 0 heterocycles. The maximum atomic E-state index is 9.46. The molecule has 0 amide bonds. The van der Waals surface area contributed by atoms with Crippen LogP contribution < -0.4 is 5.32 Å². The fraction of sp³-hybridized carbons (Fsp3) is 0.600. The van der Waals surface area contributed by atoms with E-state index in [0.29, 0.717) is 0 Å². The van der Waals surface area contributed by atoms with E-state index in [4.69, 9.17) is 0 Å². The second-order valence-electron chi connectivity index (χ2n) is 4.91. The number of nitrogens with one attached hydrogen (secondary N) is 1. The van der Waals surface area contributed by atoms with Crippen LogP contribution in [0.3, 0.4) is 0 Å². The molecule has 1 rings (SSSR count). The SMILES string of the molecule is CCC(CO)C(NC)c1cc(C)c(C)cc1C. The van der Waals surface area contributed by atoms with Crippen molar-refractivity contribution in [2.75, 3.05) is 13.7 Å². The van der Waals surface area contributed by atoms with E-state index < -0.39 is 0 Å². The Balaban J connectivity index is 3.15. The summed E-state index contributed by atoms with van der Waals surface area (Å²) in [6.07, 6.45) is 0.981. The second kappa shape index (κ2) is 6.18. The number of rotatable bonds is 5. The highest BCUT2D eigenvalue weighted by molar-refractivity contribution is 5.38. The van der Waals surface area contributed by atoms with Crippen LogP contribution in [-0.4, -0.2) is 18.8 Å². The van der Waals surface area contributed by atoms with E-state index in [9.17, 15) is 5.11 Å². The summed E-state index contributed by atoms with van der Waals surface area (Å²) in [5, 5.41) is 12.8. The Bertz CT molecular complexity index is 369. The van der Waals surface area contributed by atoms with Gasteiger partial charge < -0.3 is 10.4 Å². The maximum absolute atomic E-state index is 9.46. The Kier molecular flexibility index (Phi) is 5.16. The molecule has 2 nitrogen and oxygen atoms in total. The minimum absolute atomic E-state index is 0.231. The molecule has 0 aliphatic carbocycles. The van der Waals surface area contributed by atoms with Gasteiger partial charge in [-0.25, -0.2) is 0 Å². The third kappa shape index (κ3) is 3.08. The van der Waals surface area contributed by atoms with E-state index in [1.165, 1.54) is 22.3 Å². The molecular formula is C15H25NO. The summed E-state index contributed by atoms with van der Waals surface area (Å²) in [4.78, 5) is 0. The molecule has 1 aromatic rings. The van der Waals surface area contributed by atoms with Crippen LogP contribution in [0.5, 0.6) is 0 Å². The number of aliphatic hydroxyl groups excluding tert-OH is 1. The Labute approximate surface area is 105 Å². The summed E-state index contributed by atoms with van der Waals surface area (Å²) in [6, 6.07) is 4.73. The van der Waals surface area contributed by atoms with Gasteiger partial charge in [-0.2, -0.15) is 0 Å². The molecule has 2 heteroatoms. The van der Waals surface area contributed by atoms with Crippen molar-refractivity contribution >= 4 is 0 Å². The van der Waals surface area contributed by atoms with Gasteiger partial charge in [-0.3, -0.25) is 0 Å². The summed E-state index contributed by atoms with van der Waals surface area (Å²) in [5.74, 6) is 0.279. The first-order valence-corrected chi connectivity index (χ1v) is 6.41. The zero-order valence-electron chi connectivity index (χ0n) is 11.7. The van der Waals surface area contributed by atoms with Crippen LogP contribution in [0.25, 0.3) is 0 Å². The lowest BCUT2D eigenvalue weighted by atomic mass is 9.87. The van der Waals surface area contributed by atoms with E-state index in [0.717, 1.165) is 6.42 Å². The van der Waals surface area contributed by atoms with Gasteiger partial charge in [0.2, 0.25) is 0 Å². The van der Waals surface area contributed by atoms with Crippen LogP contribution in [0.4, 0.5) is 0 Å². The van der Waals surface area contributed by atoms with Gasteiger partial charge in [0.05, 0.1) is 0 Å². The average molecular weight is 235 g/mol. The summed E-state index contributed by atoms with van der Waals surface area (Å²) in [7, 11) is 1.97. The molecule has 0 saturated carbocycles. The molecule has 2 atom stereocenters. The molecule has 0 aromatic heterocycles. The number of aryl methyl sites for hydroxylation is 3. The molecule has 0 aliphatic heterocycles. The molecule has 96 valence electrons. The van der Waals surface area contributed by atoms with Crippen molar-refractivity contribution < 1.29 is 5.11 Å². The standard InChI is InChI=1S/C15H25NO/c1-6-13(9-17)15(16-5)14-8-11(3)10(2)7-12(14)4/h7-8,13,15-17H,6,9H2,1-5H3. The van der Waals surface area contributed by atoms with Gasteiger partial charge in [0.1, 0.15) is 0 Å². The van der Waals surface area contributed by atoms with E-state index in [-0.39, 0.29) is 18.6 Å². The molecule has 0 aliphatic rings. The highest BCUT2D eigenvalue weighted by atomic mass is 16.3.